The lowest BCUT2D eigenvalue weighted by Gasteiger charge is -2.40. The third kappa shape index (κ3) is 4.25. The van der Waals surface area contributed by atoms with Gasteiger partial charge < -0.3 is 14.6 Å². The molecule has 3 aromatic heterocycles. The van der Waals surface area contributed by atoms with Crippen LogP contribution in [0.3, 0.4) is 0 Å². The number of carbonyl (C=O) groups excluding carboxylic acids is 1. The number of fused-ring (bicyclic) bond motifs is 1. The Bertz CT molecular complexity index is 1040. The number of pyridine rings is 1. The van der Waals surface area contributed by atoms with Gasteiger partial charge in [-0.15, -0.1) is 11.3 Å². The Morgan fingerprint density at radius 1 is 1.16 bits per heavy atom. The summed E-state index contributed by atoms with van der Waals surface area (Å²) in [5.41, 5.74) is 3.96. The lowest BCUT2D eigenvalue weighted by atomic mass is 9.88. The van der Waals surface area contributed by atoms with Crippen molar-refractivity contribution in [3.8, 4) is 0 Å². The van der Waals surface area contributed by atoms with Crippen LogP contribution in [0.4, 0.5) is 5.00 Å². The largest absolute Gasteiger partial charge is 0.459 e. The van der Waals surface area contributed by atoms with Gasteiger partial charge in [0.05, 0.1) is 12.3 Å². The summed E-state index contributed by atoms with van der Waals surface area (Å²) in [6.45, 7) is 7.48. The molecule has 1 N–H and O–H groups in total. The molecule has 7 heteroatoms. The van der Waals surface area contributed by atoms with E-state index in [0.717, 1.165) is 50.6 Å². The zero-order valence-corrected chi connectivity index (χ0v) is 19.4. The molecular weight excluding hydrogens is 420 g/mol. The van der Waals surface area contributed by atoms with Crippen molar-refractivity contribution >= 4 is 22.2 Å². The van der Waals surface area contributed by atoms with E-state index in [-0.39, 0.29) is 11.9 Å². The number of likely N-dealkylation sites (N-methyl/N-ethyl adjacent to an activating group) is 1. The number of piperazine rings is 1. The highest BCUT2D eigenvalue weighted by atomic mass is 32.1. The maximum absolute atomic E-state index is 12.9. The lowest BCUT2D eigenvalue weighted by Crippen LogP contribution is -2.47. The fraction of sp³-hybridized carbons (Fsp3) is 0.440. The first-order chi connectivity index (χ1) is 15.7. The van der Waals surface area contributed by atoms with Crippen molar-refractivity contribution in [3.05, 3.63) is 70.3 Å². The zero-order chi connectivity index (χ0) is 21.9. The van der Waals surface area contributed by atoms with E-state index in [1.165, 1.54) is 34.4 Å². The van der Waals surface area contributed by atoms with Crippen LogP contribution in [0.1, 0.15) is 57.9 Å². The van der Waals surface area contributed by atoms with E-state index in [0.29, 0.717) is 5.76 Å². The topological polar surface area (TPSA) is 61.6 Å². The van der Waals surface area contributed by atoms with Gasteiger partial charge in [-0.3, -0.25) is 14.7 Å². The number of rotatable bonds is 6. The SMILES string of the molecule is CCN1CCN(C(c2ccncc2)c2c(NC(=O)c3ccco3)sc3c2CCCC3)CC1. The first-order valence-electron chi connectivity index (χ1n) is 11.6. The Balaban J connectivity index is 1.57. The molecule has 1 unspecified atom stereocenters. The first-order valence-corrected chi connectivity index (χ1v) is 12.4. The minimum Gasteiger partial charge on any atom is -0.459 e. The molecule has 1 fully saturated rings. The van der Waals surface area contributed by atoms with Crippen molar-refractivity contribution in [2.75, 3.05) is 38.0 Å². The Morgan fingerprint density at radius 2 is 1.94 bits per heavy atom. The van der Waals surface area contributed by atoms with E-state index in [1.54, 1.807) is 29.7 Å². The van der Waals surface area contributed by atoms with Crippen LogP contribution in [0.2, 0.25) is 0 Å². The average molecular weight is 451 g/mol. The standard InChI is InChI=1S/C25H30N4O2S/c1-2-28-13-15-29(16-14-28)23(18-9-11-26-12-10-18)22-19-6-3-4-8-21(19)32-25(22)27-24(30)20-7-5-17-31-20/h5,7,9-12,17,23H,2-4,6,8,13-16H2,1H3,(H,27,30). The summed E-state index contributed by atoms with van der Waals surface area (Å²) < 4.78 is 5.36. The number of nitrogens with one attached hydrogen (secondary N) is 1. The maximum atomic E-state index is 12.9. The normalized spacial score (nSPS) is 18.3. The molecule has 1 aliphatic heterocycles. The molecule has 5 rings (SSSR count). The summed E-state index contributed by atoms with van der Waals surface area (Å²) in [7, 11) is 0. The van der Waals surface area contributed by atoms with Gasteiger partial charge in [-0.05, 0) is 67.6 Å². The van der Waals surface area contributed by atoms with Gasteiger partial charge >= 0.3 is 0 Å². The molecule has 1 amide bonds. The van der Waals surface area contributed by atoms with Gasteiger partial charge in [-0.25, -0.2) is 0 Å². The van der Waals surface area contributed by atoms with Gasteiger partial charge in [0.1, 0.15) is 5.00 Å². The molecular formula is C25H30N4O2S. The van der Waals surface area contributed by atoms with E-state index in [1.807, 2.05) is 12.4 Å². The molecule has 6 nitrogen and oxygen atoms in total. The van der Waals surface area contributed by atoms with Crippen LogP contribution >= 0.6 is 11.3 Å². The molecule has 0 radical (unpaired) electrons. The molecule has 32 heavy (non-hydrogen) atoms. The van der Waals surface area contributed by atoms with Crippen molar-refractivity contribution in [1.29, 1.82) is 0 Å². The van der Waals surface area contributed by atoms with E-state index in [9.17, 15) is 4.79 Å². The van der Waals surface area contributed by atoms with Crippen LogP contribution in [0.15, 0.2) is 47.3 Å². The van der Waals surface area contributed by atoms with Crippen LogP contribution in [0.25, 0.3) is 0 Å². The number of nitrogens with zero attached hydrogens (tertiary/aromatic N) is 3. The summed E-state index contributed by atoms with van der Waals surface area (Å²) in [6, 6.07) is 7.83. The molecule has 1 atom stereocenters. The second-order valence-corrected chi connectivity index (χ2v) is 9.64. The molecule has 168 valence electrons. The van der Waals surface area contributed by atoms with Crippen LogP contribution in [-0.4, -0.2) is 53.4 Å². The molecule has 4 heterocycles. The Kier molecular flexibility index (Phi) is 6.39. The number of furan rings is 1. The summed E-state index contributed by atoms with van der Waals surface area (Å²) in [5.74, 6) is 0.165. The summed E-state index contributed by atoms with van der Waals surface area (Å²) in [4.78, 5) is 23.7. The van der Waals surface area contributed by atoms with Gasteiger partial charge in [0.15, 0.2) is 5.76 Å². The van der Waals surface area contributed by atoms with Crippen LogP contribution in [-0.2, 0) is 12.8 Å². The molecule has 0 saturated carbocycles. The van der Waals surface area contributed by atoms with Gasteiger partial charge in [0.25, 0.3) is 5.91 Å². The van der Waals surface area contributed by atoms with Crippen molar-refractivity contribution in [1.82, 2.24) is 14.8 Å². The van der Waals surface area contributed by atoms with Crippen molar-refractivity contribution in [3.63, 3.8) is 0 Å². The minimum atomic E-state index is -0.181. The Hall–Kier alpha value is -2.48. The first kappa shape index (κ1) is 21.4. The van der Waals surface area contributed by atoms with E-state index < -0.39 is 0 Å². The average Bonchev–Trinajstić information content (AvgIpc) is 3.50. The third-order valence-corrected chi connectivity index (χ3v) is 7.92. The van der Waals surface area contributed by atoms with Crippen LogP contribution in [0, 0.1) is 0 Å². The number of aromatic nitrogens is 1. The second kappa shape index (κ2) is 9.57. The highest BCUT2D eigenvalue weighted by molar-refractivity contribution is 7.16. The molecule has 1 aliphatic carbocycles. The van der Waals surface area contributed by atoms with Gasteiger partial charge in [-0.2, -0.15) is 0 Å². The van der Waals surface area contributed by atoms with E-state index in [4.69, 9.17) is 4.42 Å². The van der Waals surface area contributed by atoms with Crippen LogP contribution in [0.5, 0.6) is 0 Å². The highest BCUT2D eigenvalue weighted by Gasteiger charge is 2.33. The number of anilines is 1. The van der Waals surface area contributed by atoms with Gasteiger partial charge in [-0.1, -0.05) is 6.92 Å². The van der Waals surface area contributed by atoms with Crippen molar-refractivity contribution < 1.29 is 9.21 Å². The van der Waals surface area contributed by atoms with Gasteiger partial charge in [0, 0.05) is 49.0 Å². The molecule has 0 aromatic carbocycles. The van der Waals surface area contributed by atoms with Gasteiger partial charge in [0.2, 0.25) is 0 Å². The smallest absolute Gasteiger partial charge is 0.291 e. The minimum absolute atomic E-state index is 0.113. The Labute approximate surface area is 193 Å². The highest BCUT2D eigenvalue weighted by Crippen LogP contribution is 2.45. The second-order valence-electron chi connectivity index (χ2n) is 8.54. The molecule has 1 saturated heterocycles. The molecule has 0 spiro atoms. The maximum Gasteiger partial charge on any atom is 0.291 e. The lowest BCUT2D eigenvalue weighted by molar-refractivity contribution is 0.0995. The van der Waals surface area contributed by atoms with Crippen molar-refractivity contribution in [2.45, 2.75) is 38.6 Å². The molecule has 2 aliphatic rings. The fourth-order valence-electron chi connectivity index (χ4n) is 4.99. The van der Waals surface area contributed by atoms with Crippen molar-refractivity contribution in [2.24, 2.45) is 0 Å². The monoisotopic (exact) mass is 450 g/mol. The number of hydrogen-bond donors (Lipinski definition) is 1. The number of amides is 1. The third-order valence-electron chi connectivity index (χ3n) is 6.70. The number of hydrogen-bond acceptors (Lipinski definition) is 6. The number of thiophene rings is 1. The molecule has 3 aromatic rings. The summed E-state index contributed by atoms with van der Waals surface area (Å²) in [6.07, 6.45) is 9.89. The Morgan fingerprint density at radius 3 is 2.66 bits per heavy atom. The van der Waals surface area contributed by atoms with E-state index in [2.05, 4.69) is 39.2 Å². The zero-order valence-electron chi connectivity index (χ0n) is 18.5. The number of aryl methyl sites for hydroxylation is 1. The predicted molar refractivity (Wildman–Crippen MR) is 127 cm³/mol. The summed E-state index contributed by atoms with van der Waals surface area (Å²) >= 11 is 1.75. The number of carbonyl (C=O) groups is 1. The molecule has 0 bridgehead atoms. The summed E-state index contributed by atoms with van der Waals surface area (Å²) in [5, 5.41) is 4.18. The van der Waals surface area contributed by atoms with Crippen LogP contribution < -0.4 is 5.32 Å². The fourth-order valence-corrected chi connectivity index (χ4v) is 6.30. The van der Waals surface area contributed by atoms with E-state index >= 15 is 0 Å². The quantitative estimate of drug-likeness (QED) is 0.595. The predicted octanol–water partition coefficient (Wildman–Crippen LogP) is 4.59.